The number of carbonyl (C=O) groups excluding carboxylic acids is 1. The minimum atomic E-state index is -3.64. The number of hydrogen-bond donors (Lipinski definition) is 0. The van der Waals surface area contributed by atoms with Crippen molar-refractivity contribution >= 4 is 27.6 Å². The van der Waals surface area contributed by atoms with Gasteiger partial charge in [-0.3, -0.25) is 4.79 Å². The molecule has 4 rings (SSSR count). The van der Waals surface area contributed by atoms with Crippen molar-refractivity contribution < 1.29 is 13.2 Å². The summed E-state index contributed by atoms with van der Waals surface area (Å²) in [6.45, 7) is 7.22. The summed E-state index contributed by atoms with van der Waals surface area (Å²) in [7, 11) is -3.64. The van der Waals surface area contributed by atoms with Crippen LogP contribution < -0.4 is 9.80 Å². The number of rotatable bonds is 5. The van der Waals surface area contributed by atoms with Gasteiger partial charge in [-0.25, -0.2) is 13.4 Å². The highest BCUT2D eigenvalue weighted by molar-refractivity contribution is 7.89. The van der Waals surface area contributed by atoms with Crippen LogP contribution in [-0.4, -0.2) is 67.7 Å². The Hall–Kier alpha value is -2.52. The maximum absolute atomic E-state index is 13.1. The molecular weight excluding hydrogens is 414 g/mol. The lowest BCUT2D eigenvalue weighted by Crippen LogP contribution is -2.49. The summed E-state index contributed by atoms with van der Waals surface area (Å²) in [5, 5.41) is 0. The van der Waals surface area contributed by atoms with E-state index in [0.717, 1.165) is 43.4 Å². The zero-order valence-electron chi connectivity index (χ0n) is 18.1. The molecule has 1 aromatic heterocycles. The van der Waals surface area contributed by atoms with E-state index in [1.807, 2.05) is 13.0 Å². The predicted octanol–water partition coefficient (Wildman–Crippen LogP) is 2.49. The Balaban J connectivity index is 1.48. The maximum Gasteiger partial charge on any atom is 0.243 e. The molecule has 0 saturated carbocycles. The number of piperidine rings is 1. The maximum atomic E-state index is 13.1. The largest absolute Gasteiger partial charge is 0.354 e. The lowest BCUT2D eigenvalue weighted by Gasteiger charge is -2.35. The van der Waals surface area contributed by atoms with Crippen LogP contribution in [0.2, 0.25) is 0 Å². The Labute approximate surface area is 183 Å². The van der Waals surface area contributed by atoms with Gasteiger partial charge in [0.25, 0.3) is 0 Å². The summed E-state index contributed by atoms with van der Waals surface area (Å²) >= 11 is 0. The Morgan fingerprint density at radius 1 is 0.903 bits per heavy atom. The number of carbonyl (C=O) groups is 1. The van der Waals surface area contributed by atoms with Crippen LogP contribution in [0.3, 0.4) is 0 Å². The van der Waals surface area contributed by atoms with Crippen molar-refractivity contribution in [1.29, 1.82) is 0 Å². The number of sulfonamides is 1. The molecule has 31 heavy (non-hydrogen) atoms. The van der Waals surface area contributed by atoms with Crippen molar-refractivity contribution in [1.82, 2.24) is 14.3 Å². The molecule has 0 amide bonds. The standard InChI is InChI=1S/C22H29N5O3S/c1-17-15-21(24-22(23-17)26-9-4-3-5-10-26)25-11-13-27(14-12-25)31(29,30)20-8-6-7-19(16-20)18(2)28/h6-8,15-16H,3-5,9-14H2,1-2H3. The minimum absolute atomic E-state index is 0.148. The molecule has 2 aliphatic rings. The Bertz CT molecular complexity index is 1060. The van der Waals surface area contributed by atoms with Gasteiger partial charge in [-0.2, -0.15) is 9.29 Å². The van der Waals surface area contributed by atoms with Gasteiger partial charge < -0.3 is 9.80 Å². The lowest BCUT2D eigenvalue weighted by molar-refractivity contribution is 0.101. The average molecular weight is 444 g/mol. The molecular formula is C22H29N5O3S. The van der Waals surface area contributed by atoms with Crippen molar-refractivity contribution in [2.24, 2.45) is 0 Å². The molecule has 0 aliphatic carbocycles. The summed E-state index contributed by atoms with van der Waals surface area (Å²) in [5.41, 5.74) is 1.32. The van der Waals surface area contributed by atoms with Gasteiger partial charge in [0, 0.05) is 56.6 Å². The van der Waals surface area contributed by atoms with Crippen LogP contribution in [0.5, 0.6) is 0 Å². The number of hydrogen-bond acceptors (Lipinski definition) is 7. The van der Waals surface area contributed by atoms with E-state index in [-0.39, 0.29) is 10.7 Å². The van der Waals surface area contributed by atoms with E-state index in [4.69, 9.17) is 4.98 Å². The van der Waals surface area contributed by atoms with Crippen molar-refractivity contribution in [3.05, 3.63) is 41.6 Å². The SMILES string of the molecule is CC(=O)c1cccc(S(=O)(=O)N2CCN(c3cc(C)nc(N4CCCCC4)n3)CC2)c1. The molecule has 0 N–H and O–H groups in total. The zero-order chi connectivity index (χ0) is 22.0. The normalized spacial score (nSPS) is 18.3. The second-order valence-corrected chi connectivity index (χ2v) is 10.1. The minimum Gasteiger partial charge on any atom is -0.354 e. The van der Waals surface area contributed by atoms with Gasteiger partial charge in [0.15, 0.2) is 5.78 Å². The fraction of sp³-hybridized carbons (Fsp3) is 0.500. The van der Waals surface area contributed by atoms with Crippen molar-refractivity contribution in [3.8, 4) is 0 Å². The van der Waals surface area contributed by atoms with Crippen LogP contribution >= 0.6 is 0 Å². The van der Waals surface area contributed by atoms with Crippen LogP contribution in [0.1, 0.15) is 42.2 Å². The van der Waals surface area contributed by atoms with Crippen LogP contribution in [0.15, 0.2) is 35.2 Å². The second-order valence-electron chi connectivity index (χ2n) is 8.19. The molecule has 2 aromatic rings. The highest BCUT2D eigenvalue weighted by Gasteiger charge is 2.29. The molecule has 3 heterocycles. The van der Waals surface area contributed by atoms with Crippen LogP contribution in [0.25, 0.3) is 0 Å². The molecule has 9 heteroatoms. The van der Waals surface area contributed by atoms with E-state index in [9.17, 15) is 13.2 Å². The highest BCUT2D eigenvalue weighted by Crippen LogP contribution is 2.24. The Morgan fingerprint density at radius 2 is 1.61 bits per heavy atom. The molecule has 0 spiro atoms. The molecule has 0 bridgehead atoms. The molecule has 1 aromatic carbocycles. The monoisotopic (exact) mass is 443 g/mol. The first-order chi connectivity index (χ1) is 14.8. The molecule has 166 valence electrons. The average Bonchev–Trinajstić information content (AvgIpc) is 2.79. The summed E-state index contributed by atoms with van der Waals surface area (Å²) in [6, 6.07) is 8.23. The number of Topliss-reactive ketones (excluding diaryl/α,β-unsaturated/α-hetero) is 1. The fourth-order valence-corrected chi connectivity index (χ4v) is 5.58. The lowest BCUT2D eigenvalue weighted by atomic mass is 10.1. The number of aryl methyl sites for hydroxylation is 1. The quantitative estimate of drug-likeness (QED) is 0.656. The summed E-state index contributed by atoms with van der Waals surface area (Å²) in [4.78, 5) is 25.6. The van der Waals surface area contributed by atoms with Gasteiger partial charge in [0.2, 0.25) is 16.0 Å². The van der Waals surface area contributed by atoms with E-state index in [0.29, 0.717) is 31.7 Å². The second kappa shape index (κ2) is 8.92. The summed E-state index contributed by atoms with van der Waals surface area (Å²) in [6.07, 6.45) is 3.57. The number of nitrogens with zero attached hydrogens (tertiary/aromatic N) is 5. The first-order valence-electron chi connectivity index (χ1n) is 10.8. The number of anilines is 2. The number of aromatic nitrogens is 2. The van der Waals surface area contributed by atoms with E-state index in [2.05, 4.69) is 14.8 Å². The number of ketones is 1. The van der Waals surface area contributed by atoms with Gasteiger partial charge in [0.05, 0.1) is 4.90 Å². The molecule has 0 atom stereocenters. The van der Waals surface area contributed by atoms with Gasteiger partial charge in [-0.15, -0.1) is 0 Å². The molecule has 2 fully saturated rings. The van der Waals surface area contributed by atoms with Gasteiger partial charge in [0.1, 0.15) is 5.82 Å². The van der Waals surface area contributed by atoms with Crippen molar-refractivity contribution in [3.63, 3.8) is 0 Å². The van der Waals surface area contributed by atoms with Crippen molar-refractivity contribution in [2.45, 2.75) is 38.0 Å². The Kier molecular flexibility index (Phi) is 6.24. The topological polar surface area (TPSA) is 86.7 Å². The third kappa shape index (κ3) is 4.72. The van der Waals surface area contributed by atoms with Gasteiger partial charge in [-0.1, -0.05) is 12.1 Å². The fourth-order valence-electron chi connectivity index (χ4n) is 4.12. The predicted molar refractivity (Wildman–Crippen MR) is 120 cm³/mol. The van der Waals surface area contributed by atoms with Crippen LogP contribution in [0.4, 0.5) is 11.8 Å². The Morgan fingerprint density at radius 3 is 2.29 bits per heavy atom. The van der Waals surface area contributed by atoms with E-state index >= 15 is 0 Å². The zero-order valence-corrected chi connectivity index (χ0v) is 18.9. The van der Waals surface area contributed by atoms with Gasteiger partial charge >= 0.3 is 0 Å². The van der Waals surface area contributed by atoms with E-state index in [1.165, 1.54) is 23.7 Å². The van der Waals surface area contributed by atoms with E-state index in [1.54, 1.807) is 18.2 Å². The van der Waals surface area contributed by atoms with E-state index < -0.39 is 10.0 Å². The first kappa shape index (κ1) is 21.7. The highest BCUT2D eigenvalue weighted by atomic mass is 32.2. The van der Waals surface area contributed by atoms with Crippen molar-refractivity contribution in [2.75, 3.05) is 49.1 Å². The van der Waals surface area contributed by atoms with Crippen LogP contribution in [0, 0.1) is 6.92 Å². The summed E-state index contributed by atoms with van der Waals surface area (Å²) < 4.78 is 27.7. The number of piperazine rings is 1. The number of benzene rings is 1. The molecule has 2 saturated heterocycles. The molecule has 0 unspecified atom stereocenters. The third-order valence-electron chi connectivity index (χ3n) is 5.91. The van der Waals surface area contributed by atoms with Crippen LogP contribution in [-0.2, 0) is 10.0 Å². The summed E-state index contributed by atoms with van der Waals surface area (Å²) in [5.74, 6) is 1.47. The smallest absolute Gasteiger partial charge is 0.243 e. The van der Waals surface area contributed by atoms with Gasteiger partial charge in [-0.05, 0) is 45.2 Å². The molecule has 2 aliphatic heterocycles. The molecule has 8 nitrogen and oxygen atoms in total. The molecule has 0 radical (unpaired) electrons. The first-order valence-corrected chi connectivity index (χ1v) is 12.3. The third-order valence-corrected chi connectivity index (χ3v) is 7.80.